The minimum Gasteiger partial charge on any atom is -0.200 e. The van der Waals surface area contributed by atoms with Crippen LogP contribution in [0.2, 0.25) is 0 Å². The molecule has 0 saturated carbocycles. The zero-order chi connectivity index (χ0) is 21.0. The highest BCUT2D eigenvalue weighted by molar-refractivity contribution is 5.97. The topological polar surface area (TPSA) is 3.88 Å². The highest BCUT2D eigenvalue weighted by Crippen LogP contribution is 2.42. The summed E-state index contributed by atoms with van der Waals surface area (Å²) in [5.41, 5.74) is 1.58. The Morgan fingerprint density at radius 2 is 1.45 bits per heavy atom. The van der Waals surface area contributed by atoms with Gasteiger partial charge in [-0.15, -0.1) is 0 Å². The number of hydrogen-bond donors (Lipinski definition) is 0. The summed E-state index contributed by atoms with van der Waals surface area (Å²) in [5, 5.41) is 4.06. The molecular formula is C25H23F3N+. The molecule has 0 bridgehead atoms. The standard InChI is InChI=1S/C25H23F3N/c1-16-13-17-7-5-6-8-18(17)15-22(16)23-21-10-9-20(24(2,3)25(26,27)28)14-19(21)11-12-29(23)4/h5-15H,1-4H3/q+1. The first kappa shape index (κ1) is 19.4. The molecule has 4 rings (SSSR count). The van der Waals surface area contributed by atoms with Crippen molar-refractivity contribution in [3.8, 4) is 11.3 Å². The molecule has 0 fully saturated rings. The third kappa shape index (κ3) is 3.17. The smallest absolute Gasteiger partial charge is 0.200 e. The monoisotopic (exact) mass is 394 g/mol. The van der Waals surface area contributed by atoms with Crippen molar-refractivity contribution in [3.05, 3.63) is 78.0 Å². The number of alkyl halides is 3. The fraction of sp³-hybridized carbons (Fsp3) is 0.240. The number of halogens is 3. The molecule has 1 heterocycles. The zero-order valence-corrected chi connectivity index (χ0v) is 16.9. The van der Waals surface area contributed by atoms with E-state index in [1.807, 2.05) is 42.1 Å². The van der Waals surface area contributed by atoms with Gasteiger partial charge in [0.2, 0.25) is 5.69 Å². The Morgan fingerprint density at radius 1 is 0.793 bits per heavy atom. The van der Waals surface area contributed by atoms with Gasteiger partial charge in [-0.25, -0.2) is 4.57 Å². The number of benzene rings is 3. The van der Waals surface area contributed by atoms with Crippen LogP contribution in [0.3, 0.4) is 0 Å². The Kier molecular flexibility index (Phi) is 4.41. The van der Waals surface area contributed by atoms with Crippen LogP contribution in [-0.4, -0.2) is 6.18 Å². The number of hydrogen-bond acceptors (Lipinski definition) is 0. The van der Waals surface area contributed by atoms with Crippen LogP contribution in [0.25, 0.3) is 32.8 Å². The zero-order valence-electron chi connectivity index (χ0n) is 16.9. The van der Waals surface area contributed by atoms with Gasteiger partial charge in [0.05, 0.1) is 16.4 Å². The van der Waals surface area contributed by atoms with Crippen LogP contribution in [0.1, 0.15) is 25.0 Å². The van der Waals surface area contributed by atoms with Gasteiger partial charge in [-0.05, 0) is 66.3 Å². The van der Waals surface area contributed by atoms with Crippen LogP contribution in [-0.2, 0) is 12.5 Å². The van der Waals surface area contributed by atoms with Gasteiger partial charge in [0.25, 0.3) is 0 Å². The molecule has 0 unspecified atom stereocenters. The van der Waals surface area contributed by atoms with E-state index < -0.39 is 11.6 Å². The Morgan fingerprint density at radius 3 is 2.10 bits per heavy atom. The molecule has 0 spiro atoms. The Hall–Kier alpha value is -2.88. The maximum Gasteiger partial charge on any atom is 0.397 e. The van der Waals surface area contributed by atoms with Crippen LogP contribution >= 0.6 is 0 Å². The highest BCUT2D eigenvalue weighted by Gasteiger charge is 2.48. The summed E-state index contributed by atoms with van der Waals surface area (Å²) in [5.74, 6) is 0. The SMILES string of the molecule is Cc1cc2ccccc2cc1-c1c2ccc(C(C)(C)C(F)(F)F)cc2cc[n+]1C. The summed E-state index contributed by atoms with van der Waals surface area (Å²) in [7, 11) is 1.97. The first-order valence-electron chi connectivity index (χ1n) is 9.59. The summed E-state index contributed by atoms with van der Waals surface area (Å²) in [4.78, 5) is 0. The fourth-order valence-electron chi connectivity index (χ4n) is 3.87. The minimum atomic E-state index is -4.31. The van der Waals surface area contributed by atoms with Crippen molar-refractivity contribution in [1.29, 1.82) is 0 Å². The second kappa shape index (κ2) is 6.58. The van der Waals surface area contributed by atoms with Crippen molar-refractivity contribution in [3.63, 3.8) is 0 Å². The summed E-state index contributed by atoms with van der Waals surface area (Å²) >= 11 is 0. The van der Waals surface area contributed by atoms with E-state index in [2.05, 4.69) is 31.2 Å². The molecule has 0 N–H and O–H groups in total. The molecule has 0 aliphatic rings. The van der Waals surface area contributed by atoms with Gasteiger partial charge in [0.15, 0.2) is 6.20 Å². The number of rotatable bonds is 2. The molecule has 1 aromatic heterocycles. The van der Waals surface area contributed by atoms with Crippen LogP contribution in [0, 0.1) is 6.92 Å². The molecule has 0 aliphatic carbocycles. The van der Waals surface area contributed by atoms with E-state index in [9.17, 15) is 13.2 Å². The van der Waals surface area contributed by atoms with Crippen LogP contribution in [0.5, 0.6) is 0 Å². The van der Waals surface area contributed by atoms with E-state index in [4.69, 9.17) is 0 Å². The molecule has 3 aromatic carbocycles. The second-order valence-corrected chi connectivity index (χ2v) is 8.21. The largest absolute Gasteiger partial charge is 0.397 e. The van der Waals surface area contributed by atoms with Gasteiger partial charge in [0.1, 0.15) is 7.05 Å². The van der Waals surface area contributed by atoms with E-state index in [1.165, 1.54) is 19.2 Å². The lowest BCUT2D eigenvalue weighted by Crippen LogP contribution is -2.36. The van der Waals surface area contributed by atoms with E-state index in [0.29, 0.717) is 0 Å². The number of pyridine rings is 1. The van der Waals surface area contributed by atoms with Crippen molar-refractivity contribution in [2.24, 2.45) is 7.05 Å². The first-order valence-corrected chi connectivity index (χ1v) is 9.59. The molecule has 148 valence electrons. The van der Waals surface area contributed by atoms with Crippen molar-refractivity contribution >= 4 is 21.5 Å². The average Bonchev–Trinajstić information content (AvgIpc) is 2.66. The normalized spacial score (nSPS) is 12.7. The molecule has 0 amide bonds. The Labute approximate surface area is 168 Å². The van der Waals surface area contributed by atoms with Gasteiger partial charge >= 0.3 is 6.18 Å². The van der Waals surface area contributed by atoms with Gasteiger partial charge in [-0.1, -0.05) is 36.4 Å². The van der Waals surface area contributed by atoms with Gasteiger partial charge in [-0.3, -0.25) is 0 Å². The second-order valence-electron chi connectivity index (χ2n) is 8.21. The number of nitrogens with zero attached hydrogens (tertiary/aromatic N) is 1. The molecule has 4 aromatic rings. The molecule has 0 atom stereocenters. The predicted octanol–water partition coefficient (Wildman–Crippen LogP) is 6.63. The lowest BCUT2D eigenvalue weighted by molar-refractivity contribution is -0.659. The quantitative estimate of drug-likeness (QED) is 0.336. The highest BCUT2D eigenvalue weighted by atomic mass is 19.4. The molecule has 29 heavy (non-hydrogen) atoms. The van der Waals surface area contributed by atoms with Gasteiger partial charge < -0.3 is 0 Å². The van der Waals surface area contributed by atoms with E-state index in [-0.39, 0.29) is 5.56 Å². The maximum atomic E-state index is 13.5. The van der Waals surface area contributed by atoms with E-state index >= 15 is 0 Å². The van der Waals surface area contributed by atoms with Gasteiger partial charge in [-0.2, -0.15) is 13.2 Å². The van der Waals surface area contributed by atoms with Crippen molar-refractivity contribution in [1.82, 2.24) is 0 Å². The molecular weight excluding hydrogens is 371 g/mol. The van der Waals surface area contributed by atoms with Crippen LogP contribution in [0.15, 0.2) is 66.9 Å². The minimum absolute atomic E-state index is 0.271. The fourth-order valence-corrected chi connectivity index (χ4v) is 3.87. The lowest BCUT2D eigenvalue weighted by Gasteiger charge is -2.28. The number of aryl methyl sites for hydroxylation is 2. The van der Waals surface area contributed by atoms with Crippen molar-refractivity contribution in [2.75, 3.05) is 0 Å². The molecule has 0 radical (unpaired) electrons. The summed E-state index contributed by atoms with van der Waals surface area (Å²) < 4.78 is 42.6. The van der Waals surface area contributed by atoms with Crippen molar-refractivity contribution < 1.29 is 17.7 Å². The Bertz CT molecular complexity index is 1240. The van der Waals surface area contributed by atoms with E-state index in [1.54, 1.807) is 12.1 Å². The summed E-state index contributed by atoms with van der Waals surface area (Å²) in [6.45, 7) is 4.53. The molecule has 1 nitrogen and oxygen atoms in total. The summed E-state index contributed by atoms with van der Waals surface area (Å²) in [6.07, 6.45) is -2.39. The maximum absolute atomic E-state index is 13.5. The van der Waals surface area contributed by atoms with E-state index in [0.717, 1.165) is 33.0 Å². The third-order valence-electron chi connectivity index (χ3n) is 5.92. The number of aromatic nitrogens is 1. The Balaban J connectivity index is 1.97. The van der Waals surface area contributed by atoms with Crippen LogP contribution < -0.4 is 4.57 Å². The number of fused-ring (bicyclic) bond motifs is 2. The van der Waals surface area contributed by atoms with Crippen molar-refractivity contribution in [2.45, 2.75) is 32.4 Å². The molecule has 0 aliphatic heterocycles. The van der Waals surface area contributed by atoms with Gasteiger partial charge in [0, 0.05) is 6.07 Å². The lowest BCUT2D eigenvalue weighted by atomic mass is 9.82. The molecule has 4 heteroatoms. The van der Waals surface area contributed by atoms with Crippen LogP contribution in [0.4, 0.5) is 13.2 Å². The average molecular weight is 394 g/mol. The third-order valence-corrected chi connectivity index (χ3v) is 5.92. The predicted molar refractivity (Wildman–Crippen MR) is 112 cm³/mol. The summed E-state index contributed by atoms with van der Waals surface area (Å²) in [6, 6.07) is 19.5. The first-order chi connectivity index (χ1) is 13.6. The molecule has 0 saturated heterocycles.